The second-order valence-corrected chi connectivity index (χ2v) is 11.1. The molecule has 35 heavy (non-hydrogen) atoms. The quantitative estimate of drug-likeness (QED) is 0.132. The number of nitrogens with one attached hydrogen (secondary N) is 1. The molecule has 11 heteroatoms. The van der Waals surface area contributed by atoms with E-state index in [1.807, 2.05) is 0 Å². The minimum absolute atomic E-state index is 0.131. The number of alkyl halides is 2. The number of Topliss-reactive ketones (excluding diaryl/α,β-unsaturated/α-hetero) is 1. The molecule has 1 amide bonds. The maximum Gasteiger partial charge on any atom is 0.231 e. The number of nitrogen functional groups attached to an aromatic ring is 1. The number of nitrogens with two attached hydrogens (primary N) is 1. The Balaban J connectivity index is 1.52. The van der Waals surface area contributed by atoms with Crippen LogP contribution in [0, 0.1) is 11.7 Å². The van der Waals surface area contributed by atoms with Crippen LogP contribution in [0.15, 0.2) is 48.5 Å². The summed E-state index contributed by atoms with van der Waals surface area (Å²) in [7, 11) is 0. The van der Waals surface area contributed by atoms with Gasteiger partial charge in [-0.2, -0.15) is 0 Å². The highest BCUT2D eigenvalue weighted by molar-refractivity contribution is 6.54. The molecule has 1 aliphatic carbocycles. The predicted octanol–water partition coefficient (Wildman–Crippen LogP) is 7.97. The van der Waals surface area contributed by atoms with Gasteiger partial charge in [0.15, 0.2) is 5.78 Å². The lowest BCUT2D eigenvalue weighted by Gasteiger charge is -2.10. The van der Waals surface area contributed by atoms with Gasteiger partial charge in [0.05, 0.1) is 26.0 Å². The Bertz CT molecular complexity index is 1320. The maximum absolute atomic E-state index is 13.6. The highest BCUT2D eigenvalue weighted by Crippen LogP contribution is 2.65. The highest BCUT2D eigenvalue weighted by Gasteiger charge is 2.67. The molecular formula is C24H15Cl6FN2O2. The van der Waals surface area contributed by atoms with Gasteiger partial charge in [-0.25, -0.2) is 4.39 Å². The van der Waals surface area contributed by atoms with Crippen molar-refractivity contribution in [3.05, 3.63) is 91.1 Å². The topological polar surface area (TPSA) is 72.2 Å². The SMILES string of the molecule is Nc1cc(F)cc(CC(=O)c2cc(NC(=O)[C@H]3[C@H](c4cc(Cl)c(Cl)c(Cl)c4)C3(Cl)Cl)ccc2Cl)c1. The Labute approximate surface area is 230 Å². The largest absolute Gasteiger partial charge is 0.399 e. The van der Waals surface area contributed by atoms with Crippen LogP contribution in [0.3, 0.4) is 0 Å². The lowest BCUT2D eigenvalue weighted by molar-refractivity contribution is -0.117. The Morgan fingerprint density at radius 1 is 0.943 bits per heavy atom. The minimum Gasteiger partial charge on any atom is -0.399 e. The Kier molecular flexibility index (Phi) is 7.50. The third-order valence-electron chi connectivity index (χ3n) is 5.58. The summed E-state index contributed by atoms with van der Waals surface area (Å²) in [5, 5.41) is 3.50. The van der Waals surface area contributed by atoms with Gasteiger partial charge >= 0.3 is 0 Å². The molecule has 4 nitrogen and oxygen atoms in total. The fraction of sp³-hybridized carbons (Fsp3) is 0.167. The van der Waals surface area contributed by atoms with Gasteiger partial charge in [-0.05, 0) is 59.7 Å². The summed E-state index contributed by atoms with van der Waals surface area (Å²) in [5.74, 6) is -2.79. The van der Waals surface area contributed by atoms with E-state index in [0.717, 1.165) is 6.07 Å². The van der Waals surface area contributed by atoms with Crippen molar-refractivity contribution in [3.63, 3.8) is 0 Å². The van der Waals surface area contributed by atoms with Crippen LogP contribution >= 0.6 is 69.6 Å². The first-order chi connectivity index (χ1) is 16.4. The Hall–Kier alpha value is -1.73. The van der Waals surface area contributed by atoms with Crippen molar-refractivity contribution in [3.8, 4) is 0 Å². The van der Waals surface area contributed by atoms with E-state index in [1.165, 1.54) is 30.3 Å². The van der Waals surface area contributed by atoms with Crippen LogP contribution in [0.4, 0.5) is 15.8 Å². The molecule has 3 aromatic rings. The fourth-order valence-corrected chi connectivity index (χ4v) is 5.58. The lowest BCUT2D eigenvalue weighted by Crippen LogP contribution is -2.17. The Morgan fingerprint density at radius 3 is 2.23 bits per heavy atom. The number of hydrogen-bond donors (Lipinski definition) is 2. The van der Waals surface area contributed by atoms with Gasteiger partial charge in [0.2, 0.25) is 5.91 Å². The monoisotopic (exact) mass is 592 g/mol. The van der Waals surface area contributed by atoms with Crippen molar-refractivity contribution < 1.29 is 14.0 Å². The van der Waals surface area contributed by atoms with Crippen LogP contribution in [-0.4, -0.2) is 16.0 Å². The zero-order valence-electron chi connectivity index (χ0n) is 17.5. The third-order valence-corrected chi connectivity index (χ3v) is 8.05. The molecule has 3 aromatic carbocycles. The van der Waals surface area contributed by atoms with Crippen molar-refractivity contribution in [1.82, 2.24) is 0 Å². The van der Waals surface area contributed by atoms with Crippen LogP contribution < -0.4 is 11.1 Å². The molecule has 1 fully saturated rings. The number of hydrogen-bond acceptors (Lipinski definition) is 3. The van der Waals surface area contributed by atoms with Crippen molar-refractivity contribution in [2.24, 2.45) is 5.92 Å². The van der Waals surface area contributed by atoms with Gasteiger partial charge in [-0.1, -0.05) is 46.4 Å². The molecule has 0 unspecified atom stereocenters. The fourth-order valence-electron chi connectivity index (χ4n) is 3.92. The van der Waals surface area contributed by atoms with Crippen LogP contribution in [0.1, 0.15) is 27.4 Å². The Morgan fingerprint density at radius 2 is 1.60 bits per heavy atom. The summed E-state index contributed by atoms with van der Waals surface area (Å²) in [6.45, 7) is 0. The number of halogens is 7. The molecule has 1 aliphatic rings. The molecule has 2 atom stereocenters. The van der Waals surface area contributed by atoms with Gasteiger partial charge in [-0.15, -0.1) is 23.2 Å². The number of carbonyl (C=O) groups excluding carboxylic acids is 2. The zero-order valence-corrected chi connectivity index (χ0v) is 22.1. The molecule has 0 spiro atoms. The molecule has 0 aromatic heterocycles. The first-order valence-electron chi connectivity index (χ1n) is 10.1. The van der Waals surface area contributed by atoms with E-state index in [0.29, 0.717) is 16.8 Å². The number of ketones is 1. The maximum atomic E-state index is 13.6. The van der Waals surface area contributed by atoms with Crippen LogP contribution in [0.2, 0.25) is 20.1 Å². The molecule has 4 rings (SSSR count). The smallest absolute Gasteiger partial charge is 0.231 e. The number of anilines is 2. The standard InChI is InChI=1S/C24H15Cl6FN2O2/c25-16-2-1-14(9-15(16)19(34)5-10-3-12(31)8-13(32)4-10)33-23(35)21-20(24(21,29)30)11-6-17(26)22(28)18(27)7-11/h1-4,6-9,20-21H,5,32H2,(H,33,35)/t20-,21+/m0/s1. The van der Waals surface area contributed by atoms with Gasteiger partial charge < -0.3 is 11.1 Å². The molecule has 0 heterocycles. The molecule has 0 saturated heterocycles. The van der Waals surface area contributed by atoms with Crippen molar-refractivity contribution in [2.45, 2.75) is 16.7 Å². The number of carbonyl (C=O) groups is 2. The predicted molar refractivity (Wildman–Crippen MR) is 141 cm³/mol. The third kappa shape index (κ3) is 5.51. The summed E-state index contributed by atoms with van der Waals surface area (Å²) in [6.07, 6.45) is -0.131. The number of amides is 1. The van der Waals surface area contributed by atoms with Crippen LogP contribution in [-0.2, 0) is 11.2 Å². The van der Waals surface area contributed by atoms with E-state index in [1.54, 1.807) is 12.1 Å². The van der Waals surface area contributed by atoms with E-state index in [-0.39, 0.29) is 43.5 Å². The first-order valence-corrected chi connectivity index (χ1v) is 12.4. The minimum atomic E-state index is -1.40. The molecular weight excluding hydrogens is 580 g/mol. The summed E-state index contributed by atoms with van der Waals surface area (Å²) >= 11 is 37.2. The van der Waals surface area contributed by atoms with Crippen molar-refractivity contribution in [2.75, 3.05) is 11.1 Å². The van der Waals surface area contributed by atoms with Crippen LogP contribution in [0.25, 0.3) is 0 Å². The van der Waals surface area contributed by atoms with E-state index in [2.05, 4.69) is 5.32 Å². The summed E-state index contributed by atoms with van der Waals surface area (Å²) in [4.78, 5) is 25.8. The highest BCUT2D eigenvalue weighted by atomic mass is 35.5. The summed E-state index contributed by atoms with van der Waals surface area (Å²) < 4.78 is 12.2. The van der Waals surface area contributed by atoms with E-state index >= 15 is 0 Å². The van der Waals surface area contributed by atoms with E-state index in [9.17, 15) is 14.0 Å². The second-order valence-electron chi connectivity index (χ2n) is 8.11. The molecule has 0 radical (unpaired) electrons. The average Bonchev–Trinajstić information content (AvgIpc) is 3.34. The molecule has 1 saturated carbocycles. The number of benzene rings is 3. The summed E-state index contributed by atoms with van der Waals surface area (Å²) in [5.41, 5.74) is 7.27. The van der Waals surface area contributed by atoms with Gasteiger partial charge in [0.1, 0.15) is 10.2 Å². The molecule has 3 N–H and O–H groups in total. The van der Waals surface area contributed by atoms with E-state index < -0.39 is 27.9 Å². The van der Waals surface area contributed by atoms with Crippen molar-refractivity contribution in [1.29, 1.82) is 0 Å². The van der Waals surface area contributed by atoms with Crippen LogP contribution in [0.5, 0.6) is 0 Å². The average molecular weight is 595 g/mol. The van der Waals surface area contributed by atoms with Gasteiger partial charge in [0, 0.05) is 29.3 Å². The van der Waals surface area contributed by atoms with Gasteiger partial charge in [-0.3, -0.25) is 9.59 Å². The van der Waals surface area contributed by atoms with Gasteiger partial charge in [0.25, 0.3) is 0 Å². The lowest BCUT2D eigenvalue weighted by atomic mass is 10.0. The second kappa shape index (κ2) is 9.97. The normalized spacial score (nSPS) is 18.3. The summed E-state index contributed by atoms with van der Waals surface area (Å²) in [6, 6.07) is 11.4. The molecule has 0 aliphatic heterocycles. The van der Waals surface area contributed by atoms with E-state index in [4.69, 9.17) is 75.3 Å². The molecule has 182 valence electrons. The zero-order chi connectivity index (χ0) is 25.7. The number of rotatable bonds is 6. The molecule has 0 bridgehead atoms. The van der Waals surface area contributed by atoms with Crippen molar-refractivity contribution >= 4 is 92.7 Å². The first kappa shape index (κ1) is 26.3.